The summed E-state index contributed by atoms with van der Waals surface area (Å²) >= 11 is 0. The Balaban J connectivity index is 2.18. The molecule has 1 aromatic heterocycles. The Morgan fingerprint density at radius 1 is 1.30 bits per heavy atom. The molecule has 2 rings (SSSR count). The van der Waals surface area contributed by atoms with Crippen LogP contribution >= 0.6 is 0 Å². The first-order valence-corrected chi connectivity index (χ1v) is 5.64. The second kappa shape index (κ2) is 5.96. The molecule has 1 aromatic carbocycles. The first kappa shape index (κ1) is 13.7. The molecule has 2 aromatic rings. The van der Waals surface area contributed by atoms with Crippen molar-refractivity contribution in [2.75, 3.05) is 13.7 Å². The highest BCUT2D eigenvalue weighted by molar-refractivity contribution is 5.89. The summed E-state index contributed by atoms with van der Waals surface area (Å²) in [6.45, 7) is -0.482. The zero-order valence-corrected chi connectivity index (χ0v) is 10.6. The molecular weight excluding hydrogens is 267 g/mol. The third-order valence-corrected chi connectivity index (χ3v) is 2.50. The van der Waals surface area contributed by atoms with Gasteiger partial charge in [0.2, 0.25) is 0 Å². The topological polar surface area (TPSA) is 70.4 Å². The lowest BCUT2D eigenvalue weighted by Gasteiger charge is -2.07. The quantitative estimate of drug-likeness (QED) is 0.789. The van der Waals surface area contributed by atoms with Crippen LogP contribution in [0.5, 0.6) is 0 Å². The van der Waals surface area contributed by atoms with Crippen LogP contribution in [0.3, 0.4) is 0 Å². The Labute approximate surface area is 113 Å². The van der Waals surface area contributed by atoms with E-state index in [0.29, 0.717) is 5.69 Å². The number of nitrogens with zero attached hydrogens (tertiary/aromatic N) is 2. The van der Waals surface area contributed by atoms with Gasteiger partial charge in [0.1, 0.15) is 5.82 Å². The summed E-state index contributed by atoms with van der Waals surface area (Å²) in [5.74, 6) is -1.77. The molecule has 0 saturated heterocycles. The van der Waals surface area contributed by atoms with E-state index in [4.69, 9.17) is 4.74 Å². The minimum absolute atomic E-state index is 0.125. The maximum absolute atomic E-state index is 12.9. The van der Waals surface area contributed by atoms with Crippen LogP contribution in [0.1, 0.15) is 10.5 Å². The molecule has 0 N–H and O–H groups in total. The minimum atomic E-state index is -0.725. The van der Waals surface area contributed by atoms with E-state index in [9.17, 15) is 14.0 Å². The molecule has 0 aliphatic heterocycles. The molecule has 0 bridgehead atoms. The summed E-state index contributed by atoms with van der Waals surface area (Å²) in [5.41, 5.74) is 0.675. The van der Waals surface area contributed by atoms with E-state index >= 15 is 0 Å². The van der Waals surface area contributed by atoms with Gasteiger partial charge in [0, 0.05) is 5.69 Å². The number of hydrogen-bond donors (Lipinski definition) is 0. The third-order valence-electron chi connectivity index (χ3n) is 2.50. The summed E-state index contributed by atoms with van der Waals surface area (Å²) < 4.78 is 23.4. The monoisotopic (exact) mass is 278 g/mol. The van der Waals surface area contributed by atoms with Crippen molar-refractivity contribution in [3.63, 3.8) is 0 Å². The van der Waals surface area contributed by atoms with Crippen molar-refractivity contribution in [1.29, 1.82) is 0 Å². The van der Waals surface area contributed by atoms with Crippen molar-refractivity contribution in [2.24, 2.45) is 0 Å². The van der Waals surface area contributed by atoms with Gasteiger partial charge in [-0.25, -0.2) is 19.0 Å². The van der Waals surface area contributed by atoms with Crippen LogP contribution in [0.2, 0.25) is 0 Å². The average molecular weight is 278 g/mol. The number of imidazole rings is 1. The highest BCUT2D eigenvalue weighted by Crippen LogP contribution is 2.13. The number of rotatable bonds is 4. The van der Waals surface area contributed by atoms with Crippen LogP contribution in [0, 0.1) is 5.82 Å². The molecule has 0 amide bonds. The first-order valence-electron chi connectivity index (χ1n) is 5.64. The van der Waals surface area contributed by atoms with Crippen molar-refractivity contribution in [1.82, 2.24) is 9.55 Å². The molecule has 0 radical (unpaired) electrons. The molecule has 104 valence electrons. The van der Waals surface area contributed by atoms with Gasteiger partial charge in [-0.15, -0.1) is 0 Å². The van der Waals surface area contributed by atoms with Gasteiger partial charge in [-0.1, -0.05) is 0 Å². The van der Waals surface area contributed by atoms with E-state index in [1.165, 1.54) is 48.5 Å². The standard InChI is InChI=1S/C13H11FN2O4/c1-19-12(17)7-20-13(18)11-6-15-8-16(11)10-4-2-9(14)3-5-10/h2-6,8H,7H2,1H3. The highest BCUT2D eigenvalue weighted by atomic mass is 19.1. The number of hydrogen-bond acceptors (Lipinski definition) is 5. The number of ether oxygens (including phenoxy) is 2. The summed E-state index contributed by atoms with van der Waals surface area (Å²) in [7, 11) is 1.19. The molecule has 7 heteroatoms. The van der Waals surface area contributed by atoms with Crippen LogP contribution in [0.25, 0.3) is 5.69 Å². The van der Waals surface area contributed by atoms with E-state index in [2.05, 4.69) is 9.72 Å². The summed E-state index contributed by atoms with van der Waals surface area (Å²) in [6, 6.07) is 5.51. The van der Waals surface area contributed by atoms with Gasteiger partial charge in [-0.3, -0.25) is 4.57 Å². The van der Waals surface area contributed by atoms with Crippen molar-refractivity contribution in [2.45, 2.75) is 0 Å². The predicted octanol–water partition coefficient (Wildman–Crippen LogP) is 1.34. The first-order chi connectivity index (χ1) is 9.61. The average Bonchev–Trinajstić information content (AvgIpc) is 2.94. The second-order valence-electron chi connectivity index (χ2n) is 3.78. The van der Waals surface area contributed by atoms with Gasteiger partial charge < -0.3 is 9.47 Å². The number of benzene rings is 1. The van der Waals surface area contributed by atoms with Crippen molar-refractivity contribution < 1.29 is 23.5 Å². The van der Waals surface area contributed by atoms with Crippen molar-refractivity contribution in [3.05, 3.63) is 48.3 Å². The smallest absolute Gasteiger partial charge is 0.357 e. The van der Waals surface area contributed by atoms with E-state index in [-0.39, 0.29) is 11.5 Å². The Hall–Kier alpha value is -2.70. The number of halogens is 1. The lowest BCUT2D eigenvalue weighted by atomic mass is 10.3. The van der Waals surface area contributed by atoms with E-state index in [0.717, 1.165) is 0 Å². The number of aromatic nitrogens is 2. The van der Waals surface area contributed by atoms with Crippen LogP contribution in [0.15, 0.2) is 36.8 Å². The van der Waals surface area contributed by atoms with Gasteiger partial charge >= 0.3 is 11.9 Å². The van der Waals surface area contributed by atoms with Gasteiger partial charge in [0.25, 0.3) is 0 Å². The zero-order valence-electron chi connectivity index (χ0n) is 10.6. The Morgan fingerprint density at radius 2 is 2.00 bits per heavy atom. The molecule has 0 aliphatic rings. The Morgan fingerprint density at radius 3 is 2.65 bits per heavy atom. The number of esters is 2. The Bertz CT molecular complexity index is 622. The number of carbonyl (C=O) groups excluding carboxylic acids is 2. The molecular formula is C13H11FN2O4. The van der Waals surface area contributed by atoms with E-state index in [1.54, 1.807) is 0 Å². The predicted molar refractivity (Wildman–Crippen MR) is 65.8 cm³/mol. The van der Waals surface area contributed by atoms with Crippen LogP contribution < -0.4 is 0 Å². The molecule has 6 nitrogen and oxygen atoms in total. The van der Waals surface area contributed by atoms with Crippen LogP contribution in [-0.2, 0) is 14.3 Å². The fraction of sp³-hybridized carbons (Fsp3) is 0.154. The maximum atomic E-state index is 12.9. The largest absolute Gasteiger partial charge is 0.466 e. The lowest BCUT2D eigenvalue weighted by molar-refractivity contribution is -0.144. The normalized spacial score (nSPS) is 10.1. The molecule has 1 heterocycles. The molecule has 0 aliphatic carbocycles. The van der Waals surface area contributed by atoms with Crippen molar-refractivity contribution in [3.8, 4) is 5.69 Å². The fourth-order valence-electron chi connectivity index (χ4n) is 1.51. The molecule has 0 unspecified atom stereocenters. The molecule has 0 atom stereocenters. The van der Waals surface area contributed by atoms with Crippen molar-refractivity contribution >= 4 is 11.9 Å². The van der Waals surface area contributed by atoms with E-state index in [1.807, 2.05) is 0 Å². The molecule has 20 heavy (non-hydrogen) atoms. The third kappa shape index (κ3) is 3.00. The van der Waals surface area contributed by atoms with Gasteiger partial charge in [-0.2, -0.15) is 0 Å². The van der Waals surface area contributed by atoms with Crippen LogP contribution in [0.4, 0.5) is 4.39 Å². The number of methoxy groups -OCH3 is 1. The molecule has 0 spiro atoms. The lowest BCUT2D eigenvalue weighted by Crippen LogP contribution is -2.17. The fourth-order valence-corrected chi connectivity index (χ4v) is 1.51. The summed E-state index contributed by atoms with van der Waals surface area (Å²) in [6.07, 6.45) is 2.69. The Kier molecular flexibility index (Phi) is 4.09. The number of carbonyl (C=O) groups is 2. The second-order valence-corrected chi connectivity index (χ2v) is 3.78. The SMILES string of the molecule is COC(=O)COC(=O)c1cncn1-c1ccc(F)cc1. The summed E-state index contributed by atoms with van der Waals surface area (Å²) in [4.78, 5) is 26.6. The summed E-state index contributed by atoms with van der Waals surface area (Å²) in [5, 5.41) is 0. The molecule has 0 fully saturated rings. The zero-order chi connectivity index (χ0) is 14.5. The van der Waals surface area contributed by atoms with E-state index < -0.39 is 18.5 Å². The maximum Gasteiger partial charge on any atom is 0.357 e. The molecule has 0 saturated carbocycles. The highest BCUT2D eigenvalue weighted by Gasteiger charge is 2.16. The van der Waals surface area contributed by atoms with Gasteiger partial charge in [-0.05, 0) is 24.3 Å². The van der Waals surface area contributed by atoms with Gasteiger partial charge in [0.15, 0.2) is 12.3 Å². The minimum Gasteiger partial charge on any atom is -0.466 e. The van der Waals surface area contributed by atoms with Gasteiger partial charge in [0.05, 0.1) is 19.6 Å². The van der Waals surface area contributed by atoms with Crippen LogP contribution in [-0.4, -0.2) is 35.2 Å².